The Kier molecular flexibility index (Phi) is 5.65. The molecule has 1 atom stereocenters. The third kappa shape index (κ3) is 4.08. The Hall–Kier alpha value is -4.31. The Morgan fingerprint density at radius 1 is 1.11 bits per heavy atom. The lowest BCUT2D eigenvalue weighted by Crippen LogP contribution is -2.35. The van der Waals surface area contributed by atoms with Gasteiger partial charge in [0.05, 0.1) is 40.7 Å². The van der Waals surface area contributed by atoms with Gasteiger partial charge in [-0.15, -0.1) is 10.2 Å². The van der Waals surface area contributed by atoms with E-state index in [1.807, 2.05) is 44.2 Å². The number of aliphatic hydroxyl groups excluding tert-OH is 1. The standard InChI is InChI=1S/C25H25N7O3/c1-25(2)22-16(24(34)32(25)3)9-10-20(30-22)29-21-11-18(17(12-26-21)23-31-27-14-35-23)28-19(13-33)15-7-5-4-6-8-15/h4-12,14,19,33H,13H2,1-3H3,(H2,26,28,29,30)/t19-/m1/s1. The van der Waals surface area contributed by atoms with Crippen molar-refractivity contribution in [1.82, 2.24) is 25.1 Å². The van der Waals surface area contributed by atoms with Gasteiger partial charge in [0.25, 0.3) is 11.8 Å². The van der Waals surface area contributed by atoms with Gasteiger partial charge in [0.15, 0.2) is 0 Å². The van der Waals surface area contributed by atoms with Gasteiger partial charge in [-0.25, -0.2) is 9.97 Å². The summed E-state index contributed by atoms with van der Waals surface area (Å²) in [5, 5.41) is 24.4. The first kappa shape index (κ1) is 22.5. The molecule has 0 aliphatic carbocycles. The summed E-state index contributed by atoms with van der Waals surface area (Å²) >= 11 is 0. The minimum Gasteiger partial charge on any atom is -0.423 e. The average molecular weight is 472 g/mol. The quantitative estimate of drug-likeness (QED) is 0.369. The predicted octanol–water partition coefficient (Wildman–Crippen LogP) is 3.74. The van der Waals surface area contributed by atoms with Gasteiger partial charge in [-0.2, -0.15) is 0 Å². The number of hydrogen-bond donors (Lipinski definition) is 3. The number of nitrogens with one attached hydrogen (secondary N) is 2. The number of pyridine rings is 2. The maximum absolute atomic E-state index is 12.5. The van der Waals surface area contributed by atoms with Crippen LogP contribution in [-0.2, 0) is 5.54 Å². The number of rotatable bonds is 7. The fourth-order valence-corrected chi connectivity index (χ4v) is 4.10. The molecule has 35 heavy (non-hydrogen) atoms. The van der Waals surface area contributed by atoms with Crippen molar-refractivity contribution in [2.45, 2.75) is 25.4 Å². The van der Waals surface area contributed by atoms with Gasteiger partial charge < -0.3 is 25.1 Å². The zero-order valence-corrected chi connectivity index (χ0v) is 19.6. The highest BCUT2D eigenvalue weighted by Crippen LogP contribution is 2.37. The Labute approximate surface area is 202 Å². The van der Waals surface area contributed by atoms with E-state index in [9.17, 15) is 9.90 Å². The molecule has 3 aromatic heterocycles. The van der Waals surface area contributed by atoms with Crippen LogP contribution < -0.4 is 10.6 Å². The van der Waals surface area contributed by atoms with Crippen molar-refractivity contribution in [3.05, 3.63) is 77.9 Å². The van der Waals surface area contributed by atoms with E-state index >= 15 is 0 Å². The van der Waals surface area contributed by atoms with Crippen LogP contribution in [0.4, 0.5) is 17.3 Å². The van der Waals surface area contributed by atoms with Crippen molar-refractivity contribution in [2.24, 2.45) is 0 Å². The largest absolute Gasteiger partial charge is 0.423 e. The molecule has 0 spiro atoms. The van der Waals surface area contributed by atoms with Crippen LogP contribution in [0.5, 0.6) is 0 Å². The van der Waals surface area contributed by atoms with Crippen molar-refractivity contribution >= 4 is 23.2 Å². The van der Waals surface area contributed by atoms with Gasteiger partial charge >= 0.3 is 0 Å². The van der Waals surface area contributed by atoms with E-state index in [0.717, 1.165) is 5.56 Å². The van der Waals surface area contributed by atoms with Crippen LogP contribution in [0.3, 0.4) is 0 Å². The number of carbonyl (C=O) groups excluding carboxylic acids is 1. The number of carbonyl (C=O) groups is 1. The maximum Gasteiger partial charge on any atom is 0.256 e. The van der Waals surface area contributed by atoms with E-state index in [2.05, 4.69) is 25.8 Å². The van der Waals surface area contributed by atoms with Crippen molar-refractivity contribution < 1.29 is 14.3 Å². The Morgan fingerprint density at radius 3 is 2.63 bits per heavy atom. The second-order valence-electron chi connectivity index (χ2n) is 8.79. The molecule has 1 aliphatic heterocycles. The summed E-state index contributed by atoms with van der Waals surface area (Å²) in [5.74, 6) is 1.33. The molecule has 4 heterocycles. The summed E-state index contributed by atoms with van der Waals surface area (Å²) in [5.41, 5.74) is 2.95. The number of aromatic nitrogens is 4. The first-order valence-electron chi connectivity index (χ1n) is 11.1. The van der Waals surface area contributed by atoms with Crippen LogP contribution in [0, 0.1) is 0 Å². The lowest BCUT2D eigenvalue weighted by molar-refractivity contribution is 0.0688. The van der Waals surface area contributed by atoms with E-state index in [1.165, 1.54) is 6.39 Å². The monoisotopic (exact) mass is 471 g/mol. The molecule has 0 saturated carbocycles. The van der Waals surface area contributed by atoms with Crippen molar-refractivity contribution in [1.29, 1.82) is 0 Å². The Bertz CT molecular complexity index is 1360. The summed E-state index contributed by atoms with van der Waals surface area (Å²) in [6.07, 6.45) is 2.87. The lowest BCUT2D eigenvalue weighted by atomic mass is 10.00. The fourth-order valence-electron chi connectivity index (χ4n) is 4.10. The molecule has 0 bridgehead atoms. The molecule has 10 heteroatoms. The molecule has 4 aromatic rings. The van der Waals surface area contributed by atoms with Crippen LogP contribution >= 0.6 is 0 Å². The van der Waals surface area contributed by atoms with Crippen LogP contribution in [0.25, 0.3) is 11.5 Å². The number of hydrogen-bond acceptors (Lipinski definition) is 9. The minimum absolute atomic E-state index is 0.0477. The smallest absolute Gasteiger partial charge is 0.256 e. The third-order valence-electron chi connectivity index (χ3n) is 6.31. The lowest BCUT2D eigenvalue weighted by Gasteiger charge is -2.27. The van der Waals surface area contributed by atoms with E-state index in [4.69, 9.17) is 9.40 Å². The average Bonchev–Trinajstić information content (AvgIpc) is 3.46. The zero-order chi connectivity index (χ0) is 24.6. The normalized spacial score (nSPS) is 15.1. The number of amides is 1. The fraction of sp³-hybridized carbons (Fsp3) is 0.240. The van der Waals surface area contributed by atoms with Crippen LogP contribution in [0.1, 0.15) is 41.5 Å². The number of nitrogens with zero attached hydrogens (tertiary/aromatic N) is 5. The molecule has 178 valence electrons. The Balaban J connectivity index is 1.49. The highest BCUT2D eigenvalue weighted by molar-refractivity contribution is 5.99. The first-order chi connectivity index (χ1) is 16.9. The van der Waals surface area contributed by atoms with E-state index < -0.39 is 5.54 Å². The minimum atomic E-state index is -0.518. The van der Waals surface area contributed by atoms with Gasteiger partial charge in [0.1, 0.15) is 11.6 Å². The van der Waals surface area contributed by atoms with E-state index in [0.29, 0.717) is 40.0 Å². The van der Waals surface area contributed by atoms with Crippen LogP contribution in [-0.4, -0.2) is 49.7 Å². The number of fused-ring (bicyclic) bond motifs is 1. The van der Waals surface area contributed by atoms with Crippen LogP contribution in [0.2, 0.25) is 0 Å². The molecule has 1 aliphatic rings. The van der Waals surface area contributed by atoms with Crippen molar-refractivity contribution in [2.75, 3.05) is 24.3 Å². The molecular formula is C25H25N7O3. The van der Waals surface area contributed by atoms with Crippen LogP contribution in [0.15, 0.2) is 65.5 Å². The molecule has 0 fully saturated rings. The molecular weight excluding hydrogens is 446 g/mol. The number of anilines is 3. The van der Waals surface area contributed by atoms with E-state index in [-0.39, 0.29) is 18.6 Å². The summed E-state index contributed by atoms with van der Waals surface area (Å²) in [7, 11) is 1.77. The van der Waals surface area contributed by atoms with Gasteiger partial charge in [0.2, 0.25) is 6.39 Å². The summed E-state index contributed by atoms with van der Waals surface area (Å²) in [6, 6.07) is 14.6. The predicted molar refractivity (Wildman–Crippen MR) is 130 cm³/mol. The molecule has 0 radical (unpaired) electrons. The Morgan fingerprint density at radius 2 is 1.91 bits per heavy atom. The zero-order valence-electron chi connectivity index (χ0n) is 19.6. The second-order valence-corrected chi connectivity index (χ2v) is 8.79. The van der Waals surface area contributed by atoms with Crippen molar-refractivity contribution in [3.8, 4) is 11.5 Å². The molecule has 0 unspecified atom stereocenters. The van der Waals surface area contributed by atoms with Crippen molar-refractivity contribution in [3.63, 3.8) is 0 Å². The number of benzene rings is 1. The first-order valence-corrected chi connectivity index (χ1v) is 11.1. The molecule has 5 rings (SSSR count). The highest BCUT2D eigenvalue weighted by Gasteiger charge is 2.42. The van der Waals surface area contributed by atoms with Gasteiger partial charge in [-0.1, -0.05) is 30.3 Å². The summed E-state index contributed by atoms with van der Waals surface area (Å²) in [6.45, 7) is 3.80. The molecule has 10 nitrogen and oxygen atoms in total. The summed E-state index contributed by atoms with van der Waals surface area (Å²) < 4.78 is 5.40. The number of aliphatic hydroxyl groups is 1. The third-order valence-corrected chi connectivity index (χ3v) is 6.31. The highest BCUT2D eigenvalue weighted by atomic mass is 16.4. The maximum atomic E-state index is 12.5. The SMILES string of the molecule is CN1C(=O)c2ccc(Nc3cc(N[C@H](CO)c4ccccc4)c(-c4nnco4)cn3)nc2C1(C)C. The molecule has 0 saturated heterocycles. The topological polar surface area (TPSA) is 129 Å². The second kappa shape index (κ2) is 8.80. The van der Waals surface area contributed by atoms with Gasteiger partial charge in [0, 0.05) is 19.3 Å². The molecule has 1 aromatic carbocycles. The van der Waals surface area contributed by atoms with E-state index in [1.54, 1.807) is 36.3 Å². The van der Waals surface area contributed by atoms with Gasteiger partial charge in [-0.05, 0) is 31.5 Å². The summed E-state index contributed by atoms with van der Waals surface area (Å²) in [4.78, 5) is 23.4. The molecule has 3 N–H and O–H groups in total. The molecule has 1 amide bonds. The van der Waals surface area contributed by atoms with Gasteiger partial charge in [-0.3, -0.25) is 4.79 Å².